The molecule has 25 heavy (non-hydrogen) atoms. The van der Waals surface area contributed by atoms with E-state index in [1.165, 1.54) is 17.7 Å². The third-order valence-corrected chi connectivity index (χ3v) is 4.91. The number of anilines is 2. The Labute approximate surface area is 146 Å². The Morgan fingerprint density at radius 2 is 2.00 bits per heavy atom. The quantitative estimate of drug-likeness (QED) is 0.765. The fraction of sp³-hybridized carbons (Fsp3) is 0.312. The Kier molecular flexibility index (Phi) is 3.87. The first-order valence-corrected chi connectivity index (χ1v) is 8.59. The van der Waals surface area contributed by atoms with Crippen molar-refractivity contribution in [1.82, 2.24) is 15.0 Å². The van der Waals surface area contributed by atoms with Crippen LogP contribution in [0.4, 0.5) is 19.7 Å². The van der Waals surface area contributed by atoms with Gasteiger partial charge in [0.2, 0.25) is 5.88 Å². The lowest BCUT2D eigenvalue weighted by Crippen LogP contribution is -2.39. The maximum Gasteiger partial charge on any atom is 0.251 e. The molecule has 9 heteroatoms. The van der Waals surface area contributed by atoms with Crippen molar-refractivity contribution in [3.63, 3.8) is 0 Å². The highest BCUT2D eigenvalue weighted by molar-refractivity contribution is 7.22. The van der Waals surface area contributed by atoms with Crippen LogP contribution in [0.3, 0.4) is 0 Å². The van der Waals surface area contributed by atoms with Gasteiger partial charge in [-0.2, -0.15) is 0 Å². The number of nitrogen functional groups attached to an aromatic ring is 1. The van der Waals surface area contributed by atoms with Gasteiger partial charge in [0.1, 0.15) is 17.7 Å². The zero-order chi connectivity index (χ0) is 17.4. The lowest BCUT2D eigenvalue weighted by atomic mass is 10.1. The largest absolute Gasteiger partial charge is 0.437 e. The number of para-hydroxylation sites is 1. The van der Waals surface area contributed by atoms with Crippen LogP contribution < -0.4 is 15.4 Å². The highest BCUT2D eigenvalue weighted by Gasteiger charge is 2.34. The van der Waals surface area contributed by atoms with Gasteiger partial charge >= 0.3 is 0 Å². The van der Waals surface area contributed by atoms with E-state index < -0.39 is 5.92 Å². The molecule has 6 nitrogen and oxygen atoms in total. The first kappa shape index (κ1) is 15.9. The maximum atomic E-state index is 13.3. The van der Waals surface area contributed by atoms with Crippen LogP contribution in [0.5, 0.6) is 11.6 Å². The molecule has 0 radical (unpaired) electrons. The second-order valence-corrected chi connectivity index (χ2v) is 6.88. The van der Waals surface area contributed by atoms with E-state index in [2.05, 4.69) is 15.0 Å². The van der Waals surface area contributed by atoms with Crippen LogP contribution in [-0.4, -0.2) is 34.0 Å². The molecule has 0 saturated carbocycles. The number of hydrogen-bond donors (Lipinski definition) is 1. The van der Waals surface area contributed by atoms with Gasteiger partial charge in [-0.15, -0.1) is 0 Å². The summed E-state index contributed by atoms with van der Waals surface area (Å²) in [5.74, 6) is -1.14. The molecule has 1 fully saturated rings. The minimum atomic E-state index is -2.59. The molecule has 0 bridgehead atoms. The number of nitrogens with two attached hydrogens (primary N) is 1. The lowest BCUT2D eigenvalue weighted by Gasteiger charge is -2.32. The molecule has 1 aliphatic rings. The molecule has 2 N–H and O–H groups in total. The fourth-order valence-corrected chi connectivity index (χ4v) is 3.51. The number of piperidine rings is 1. The molecule has 1 aliphatic heterocycles. The summed E-state index contributed by atoms with van der Waals surface area (Å²) in [6.07, 6.45) is 1.02. The normalized spacial score (nSPS) is 17.0. The van der Waals surface area contributed by atoms with Gasteiger partial charge in [-0.05, 0) is 12.1 Å². The van der Waals surface area contributed by atoms with Crippen LogP contribution in [-0.2, 0) is 0 Å². The van der Waals surface area contributed by atoms with E-state index >= 15 is 0 Å². The minimum absolute atomic E-state index is 0.176. The highest BCUT2D eigenvalue weighted by Crippen LogP contribution is 2.34. The maximum absolute atomic E-state index is 13.3. The topological polar surface area (TPSA) is 77.2 Å². The van der Waals surface area contributed by atoms with Crippen molar-refractivity contribution in [1.29, 1.82) is 0 Å². The molecule has 4 rings (SSSR count). The molecule has 0 unspecified atom stereocenters. The van der Waals surface area contributed by atoms with Crippen molar-refractivity contribution in [2.75, 3.05) is 23.7 Å². The minimum Gasteiger partial charge on any atom is -0.437 e. The summed E-state index contributed by atoms with van der Waals surface area (Å²) in [5.41, 5.74) is 6.42. The van der Waals surface area contributed by atoms with Crippen LogP contribution in [0.15, 0.2) is 30.6 Å². The van der Waals surface area contributed by atoms with Gasteiger partial charge in [0.15, 0.2) is 10.9 Å². The van der Waals surface area contributed by atoms with E-state index in [0.29, 0.717) is 28.1 Å². The van der Waals surface area contributed by atoms with Crippen molar-refractivity contribution in [3.05, 3.63) is 30.6 Å². The second-order valence-electron chi connectivity index (χ2n) is 5.81. The van der Waals surface area contributed by atoms with Crippen LogP contribution in [0.25, 0.3) is 10.2 Å². The SMILES string of the molecule is Nc1nc2c(Oc3cc(N4CCC(F)(F)CC4)ncn3)cccc2s1. The average Bonchev–Trinajstić information content (AvgIpc) is 2.96. The molecule has 3 heterocycles. The van der Waals surface area contributed by atoms with Gasteiger partial charge in [-0.3, -0.25) is 0 Å². The van der Waals surface area contributed by atoms with Gasteiger partial charge < -0.3 is 15.4 Å². The van der Waals surface area contributed by atoms with E-state index in [4.69, 9.17) is 10.5 Å². The summed E-state index contributed by atoms with van der Waals surface area (Å²) in [4.78, 5) is 14.4. The molecule has 2 aromatic heterocycles. The van der Waals surface area contributed by atoms with Crippen molar-refractivity contribution in [2.24, 2.45) is 0 Å². The number of ether oxygens (including phenoxy) is 1. The molecule has 0 aliphatic carbocycles. The molecule has 130 valence electrons. The Bertz CT molecular complexity index is 906. The van der Waals surface area contributed by atoms with Crippen molar-refractivity contribution >= 4 is 32.5 Å². The third-order valence-electron chi connectivity index (χ3n) is 4.06. The number of aromatic nitrogens is 3. The van der Waals surface area contributed by atoms with Gasteiger partial charge in [-0.1, -0.05) is 17.4 Å². The van der Waals surface area contributed by atoms with Crippen LogP contribution in [0, 0.1) is 0 Å². The fourth-order valence-electron chi connectivity index (χ4n) is 2.76. The zero-order valence-electron chi connectivity index (χ0n) is 13.2. The van der Waals surface area contributed by atoms with E-state index in [9.17, 15) is 8.78 Å². The molecular formula is C16H15F2N5OS. The Morgan fingerprint density at radius 1 is 1.20 bits per heavy atom. The number of rotatable bonds is 3. The van der Waals surface area contributed by atoms with Gasteiger partial charge in [0, 0.05) is 32.0 Å². The Morgan fingerprint density at radius 3 is 2.80 bits per heavy atom. The average molecular weight is 363 g/mol. The number of alkyl halides is 2. The first-order valence-electron chi connectivity index (χ1n) is 7.78. The molecular weight excluding hydrogens is 348 g/mol. The molecule has 0 amide bonds. The smallest absolute Gasteiger partial charge is 0.251 e. The molecule has 1 aromatic carbocycles. The predicted molar refractivity (Wildman–Crippen MR) is 92.5 cm³/mol. The van der Waals surface area contributed by atoms with Crippen molar-refractivity contribution < 1.29 is 13.5 Å². The van der Waals surface area contributed by atoms with Crippen LogP contribution in [0.2, 0.25) is 0 Å². The van der Waals surface area contributed by atoms with E-state index in [-0.39, 0.29) is 25.9 Å². The molecule has 0 spiro atoms. The lowest BCUT2D eigenvalue weighted by molar-refractivity contribution is -0.0221. The summed E-state index contributed by atoms with van der Waals surface area (Å²) in [6.45, 7) is 0.503. The third kappa shape index (κ3) is 3.32. The van der Waals surface area contributed by atoms with Crippen LogP contribution >= 0.6 is 11.3 Å². The highest BCUT2D eigenvalue weighted by atomic mass is 32.1. The molecule has 3 aromatic rings. The molecule has 1 saturated heterocycles. The number of benzene rings is 1. The summed E-state index contributed by atoms with van der Waals surface area (Å²) < 4.78 is 33.4. The Balaban J connectivity index is 1.57. The summed E-state index contributed by atoms with van der Waals surface area (Å²) in [6, 6.07) is 7.20. The number of thiazole rings is 1. The monoisotopic (exact) mass is 363 g/mol. The first-order chi connectivity index (χ1) is 12.0. The van der Waals surface area contributed by atoms with E-state index in [1.54, 1.807) is 12.1 Å². The standard InChI is InChI=1S/C16H15F2N5OS/c17-16(18)4-6-23(7-5-16)12-8-13(21-9-20-12)24-10-2-1-3-11-14(10)22-15(19)25-11/h1-3,8-9H,4-7H2,(H2,19,22). The Hall–Kier alpha value is -2.55. The molecule has 0 atom stereocenters. The number of nitrogens with zero attached hydrogens (tertiary/aromatic N) is 4. The van der Waals surface area contributed by atoms with Crippen molar-refractivity contribution in [3.8, 4) is 11.6 Å². The van der Waals surface area contributed by atoms with Crippen molar-refractivity contribution in [2.45, 2.75) is 18.8 Å². The van der Waals surface area contributed by atoms with Crippen LogP contribution in [0.1, 0.15) is 12.8 Å². The van der Waals surface area contributed by atoms with E-state index in [0.717, 1.165) is 4.70 Å². The number of hydrogen-bond acceptors (Lipinski definition) is 7. The van der Waals surface area contributed by atoms with E-state index in [1.807, 2.05) is 17.0 Å². The zero-order valence-corrected chi connectivity index (χ0v) is 14.0. The summed E-state index contributed by atoms with van der Waals surface area (Å²) in [5, 5.41) is 0.462. The summed E-state index contributed by atoms with van der Waals surface area (Å²) >= 11 is 1.38. The van der Waals surface area contributed by atoms with Gasteiger partial charge in [0.05, 0.1) is 4.70 Å². The van der Waals surface area contributed by atoms with Gasteiger partial charge in [0.25, 0.3) is 5.92 Å². The van der Waals surface area contributed by atoms with Gasteiger partial charge in [-0.25, -0.2) is 23.7 Å². The number of halogens is 2. The number of fused-ring (bicyclic) bond motifs is 1. The predicted octanol–water partition coefficient (Wildman–Crippen LogP) is 3.70. The second kappa shape index (κ2) is 6.07. The summed E-state index contributed by atoms with van der Waals surface area (Å²) in [7, 11) is 0.